The minimum atomic E-state index is -1.10. The molecular formula is C95H94N2O4. The van der Waals surface area contributed by atoms with Gasteiger partial charge >= 0.3 is 0 Å². The molecule has 1 atom stereocenters. The number of carbonyl (C=O) groups is 2. The lowest BCUT2D eigenvalue weighted by Crippen LogP contribution is -2.36. The largest absolute Gasteiger partial charge is 0.497 e. The lowest BCUT2D eigenvalue weighted by molar-refractivity contribution is 0.101. The monoisotopic (exact) mass is 1330 g/mol. The van der Waals surface area contributed by atoms with E-state index in [4.69, 9.17) is 9.47 Å². The van der Waals surface area contributed by atoms with Crippen molar-refractivity contribution in [1.29, 1.82) is 0 Å². The molecule has 1 heterocycles. The maximum Gasteiger partial charge on any atom is 0.255 e. The van der Waals surface area contributed by atoms with E-state index in [0.717, 1.165) is 95.4 Å². The number of rotatable bonds is 21. The Balaban J connectivity index is 0.712. The van der Waals surface area contributed by atoms with Gasteiger partial charge in [0.2, 0.25) is 0 Å². The van der Waals surface area contributed by atoms with Gasteiger partial charge in [-0.3, -0.25) is 9.59 Å². The van der Waals surface area contributed by atoms with Crippen LogP contribution in [0, 0.1) is 11.8 Å². The second-order valence-electron chi connectivity index (χ2n) is 29.8. The zero-order valence-corrected chi connectivity index (χ0v) is 59.4. The van der Waals surface area contributed by atoms with Crippen molar-refractivity contribution in [2.24, 2.45) is 11.8 Å². The highest BCUT2D eigenvalue weighted by atomic mass is 16.5. The highest BCUT2D eigenvalue weighted by Gasteiger charge is 2.47. The lowest BCUT2D eigenvalue weighted by atomic mass is 9.73. The van der Waals surface area contributed by atoms with Crippen LogP contribution in [0.1, 0.15) is 207 Å². The molecule has 0 aromatic heterocycles. The lowest BCUT2D eigenvalue weighted by Gasteiger charge is -2.41. The first-order valence-corrected chi connectivity index (χ1v) is 37.6. The van der Waals surface area contributed by atoms with Crippen molar-refractivity contribution in [2.45, 2.75) is 153 Å². The number of anilines is 2. The van der Waals surface area contributed by atoms with E-state index >= 15 is 0 Å². The molecule has 15 rings (SSSR count). The molecule has 1 unspecified atom stereocenters. The Morgan fingerprint density at radius 1 is 0.446 bits per heavy atom. The molecule has 0 radical (unpaired) electrons. The molecule has 2 amide bonds. The van der Waals surface area contributed by atoms with Gasteiger partial charge in [0.1, 0.15) is 11.5 Å². The Kier molecular flexibility index (Phi) is 19.4. The molecule has 6 nitrogen and oxygen atoms in total. The summed E-state index contributed by atoms with van der Waals surface area (Å²) in [6.07, 6.45) is 23.7. The molecule has 11 aromatic carbocycles. The fourth-order valence-electron chi connectivity index (χ4n) is 17.3. The molecule has 11 aromatic rings. The van der Waals surface area contributed by atoms with E-state index < -0.39 is 11.0 Å². The minimum absolute atomic E-state index is 0.150. The SMILES string of the molecule is CCCCCC1CCC(c2ccc(-c3ccc(C(=O)Nc4ccc(C5=CC(c6ccccc6)(c6ccc(OC)cc6)Oc6c5c5c(c7cc(-c8ccc(NC(=O)c9ccc(-c%10ccc(C%11CCC(CCCCC)CC%11)cc%10)cc9)cc8)ccc67)-c6ccccc6C5(C)C)cc4)cc3)cc2)CC1. The second-order valence-corrected chi connectivity index (χ2v) is 29.8. The van der Waals surface area contributed by atoms with Gasteiger partial charge in [0.05, 0.1) is 7.11 Å². The van der Waals surface area contributed by atoms with Crippen LogP contribution in [0.2, 0.25) is 0 Å². The van der Waals surface area contributed by atoms with Crippen molar-refractivity contribution in [3.8, 4) is 56.0 Å². The summed E-state index contributed by atoms with van der Waals surface area (Å²) in [6, 6.07) is 85.2. The zero-order chi connectivity index (χ0) is 69.0. The number of amides is 2. The molecule has 0 spiro atoms. The van der Waals surface area contributed by atoms with Crippen LogP contribution in [-0.4, -0.2) is 18.9 Å². The van der Waals surface area contributed by atoms with Crippen molar-refractivity contribution >= 4 is 39.5 Å². The van der Waals surface area contributed by atoms with Crippen LogP contribution in [0.15, 0.2) is 249 Å². The van der Waals surface area contributed by atoms with Crippen LogP contribution >= 0.6 is 0 Å². The first-order valence-electron chi connectivity index (χ1n) is 37.6. The summed E-state index contributed by atoms with van der Waals surface area (Å²) >= 11 is 0. The summed E-state index contributed by atoms with van der Waals surface area (Å²) in [7, 11) is 1.70. The number of unbranched alkanes of at least 4 members (excludes halogenated alkanes) is 4. The molecular weight excluding hydrogens is 1230 g/mol. The topological polar surface area (TPSA) is 76.7 Å². The summed E-state index contributed by atoms with van der Waals surface area (Å²) in [5.74, 6) is 4.33. The van der Waals surface area contributed by atoms with Crippen LogP contribution < -0.4 is 20.1 Å². The maximum atomic E-state index is 14.2. The maximum absolute atomic E-state index is 14.2. The summed E-state index contributed by atoms with van der Waals surface area (Å²) in [4.78, 5) is 28.0. The molecule has 4 aliphatic rings. The number of fused-ring (bicyclic) bond motifs is 8. The Bertz CT molecular complexity index is 4770. The number of hydrogen-bond acceptors (Lipinski definition) is 4. The van der Waals surface area contributed by atoms with E-state index in [-0.39, 0.29) is 11.8 Å². The quantitative estimate of drug-likeness (QED) is 0.0703. The molecule has 1 aliphatic heterocycles. The predicted molar refractivity (Wildman–Crippen MR) is 419 cm³/mol. The third-order valence-corrected chi connectivity index (χ3v) is 23.1. The first-order chi connectivity index (χ1) is 49.4. The Labute approximate surface area is 598 Å². The van der Waals surface area contributed by atoms with Gasteiger partial charge in [-0.25, -0.2) is 0 Å². The third-order valence-electron chi connectivity index (χ3n) is 23.1. The fraction of sp³-hybridized carbons (Fsp3) is 0.284. The van der Waals surface area contributed by atoms with Crippen LogP contribution in [0.25, 0.3) is 60.9 Å². The van der Waals surface area contributed by atoms with Crippen molar-refractivity contribution in [3.05, 3.63) is 304 Å². The molecule has 2 N–H and O–H groups in total. The first kappa shape index (κ1) is 66.8. The number of benzene rings is 11. The zero-order valence-electron chi connectivity index (χ0n) is 59.4. The number of methoxy groups -OCH3 is 1. The van der Waals surface area contributed by atoms with Crippen molar-refractivity contribution < 1.29 is 19.1 Å². The Hall–Kier alpha value is -10.0. The van der Waals surface area contributed by atoms with Crippen molar-refractivity contribution in [3.63, 3.8) is 0 Å². The number of carbonyl (C=O) groups excluding carboxylic acids is 2. The second kappa shape index (κ2) is 29.3. The normalized spacial score (nSPS) is 18.9. The third kappa shape index (κ3) is 13.6. The molecule has 0 bridgehead atoms. The van der Waals surface area contributed by atoms with Gasteiger partial charge in [-0.15, -0.1) is 0 Å². The molecule has 2 saturated carbocycles. The molecule has 3 aliphatic carbocycles. The summed E-state index contributed by atoms with van der Waals surface area (Å²) in [5.41, 5.74) is 20.4. The fourth-order valence-corrected chi connectivity index (χ4v) is 17.3. The standard InChI is InChI=1S/C95H94N2O4/c1-6-8-11-17-63-23-27-65(28-24-63)67-31-35-69(36-32-67)71-39-43-75(44-40-71)92(98)96-80-54-47-73(48-55-80)77-51-60-83-85(61-77)88-84-21-15-16-22-87(84)94(3,4)90(88)89-86(62-95(101-91(83)89,78-19-13-10-14-20-78)79-52-58-82(100-5)59-53-79)74-49-56-81(57-50-74)97-93(99)76-45-41-72(42-46-76)70-37-33-68(34-38-70)66-29-25-64(26-30-66)18-12-9-7-2/h10,13-16,19-22,31-66H,6-9,11-12,17-18,23-30H2,1-5H3,(H,96,98)(H,97,99). The molecule has 2 fully saturated rings. The molecule has 101 heavy (non-hydrogen) atoms. The van der Waals surface area contributed by atoms with E-state index in [1.54, 1.807) is 7.11 Å². The van der Waals surface area contributed by atoms with E-state index in [9.17, 15) is 9.59 Å². The highest BCUT2D eigenvalue weighted by Crippen LogP contribution is 2.61. The van der Waals surface area contributed by atoms with Crippen molar-refractivity contribution in [1.82, 2.24) is 0 Å². The van der Waals surface area contributed by atoms with Crippen LogP contribution in [-0.2, 0) is 11.0 Å². The predicted octanol–water partition coefficient (Wildman–Crippen LogP) is 25.1. The van der Waals surface area contributed by atoms with Gasteiger partial charge in [0.25, 0.3) is 11.8 Å². The van der Waals surface area contributed by atoms with Crippen LogP contribution in [0.4, 0.5) is 11.4 Å². The highest BCUT2D eigenvalue weighted by molar-refractivity contribution is 6.12. The van der Waals surface area contributed by atoms with Gasteiger partial charge in [0, 0.05) is 50.0 Å². The number of hydrogen-bond donors (Lipinski definition) is 2. The Morgan fingerprint density at radius 3 is 1.40 bits per heavy atom. The summed E-state index contributed by atoms with van der Waals surface area (Å²) in [6.45, 7) is 9.28. The molecule has 508 valence electrons. The summed E-state index contributed by atoms with van der Waals surface area (Å²) in [5, 5.41) is 8.50. The van der Waals surface area contributed by atoms with E-state index in [1.165, 1.54) is 142 Å². The average molecular weight is 1330 g/mol. The van der Waals surface area contributed by atoms with E-state index in [1.807, 2.05) is 60.7 Å². The van der Waals surface area contributed by atoms with Gasteiger partial charge in [-0.2, -0.15) is 0 Å². The smallest absolute Gasteiger partial charge is 0.255 e. The van der Waals surface area contributed by atoms with Crippen LogP contribution in [0.3, 0.4) is 0 Å². The minimum Gasteiger partial charge on any atom is -0.497 e. The molecule has 6 heteroatoms. The van der Waals surface area contributed by atoms with Gasteiger partial charge in [-0.1, -0.05) is 249 Å². The number of nitrogens with one attached hydrogen (secondary N) is 2. The van der Waals surface area contributed by atoms with Gasteiger partial charge < -0.3 is 20.1 Å². The number of ether oxygens (including phenoxy) is 2. The van der Waals surface area contributed by atoms with Gasteiger partial charge in [0.15, 0.2) is 5.60 Å². The van der Waals surface area contributed by atoms with Crippen LogP contribution in [0.5, 0.6) is 11.5 Å². The van der Waals surface area contributed by atoms with Gasteiger partial charge in [-0.05, 0) is 237 Å². The summed E-state index contributed by atoms with van der Waals surface area (Å²) < 4.78 is 13.7. The van der Waals surface area contributed by atoms with Crippen molar-refractivity contribution in [2.75, 3.05) is 17.7 Å². The average Bonchev–Trinajstić information content (AvgIpc) is 1.54. The Morgan fingerprint density at radius 2 is 0.891 bits per heavy atom. The van der Waals surface area contributed by atoms with E-state index in [0.29, 0.717) is 28.7 Å². The molecule has 0 saturated heterocycles. The van der Waals surface area contributed by atoms with E-state index in [2.05, 4.69) is 226 Å².